The molecule has 0 radical (unpaired) electrons. The maximum atomic E-state index is 13.5. The van der Waals surface area contributed by atoms with Crippen LogP contribution in [-0.4, -0.2) is 12.6 Å². The molecule has 0 aliphatic heterocycles. The summed E-state index contributed by atoms with van der Waals surface area (Å²) in [6, 6.07) is 7.55. The van der Waals surface area contributed by atoms with E-state index in [9.17, 15) is 4.39 Å². The maximum absolute atomic E-state index is 13.5. The summed E-state index contributed by atoms with van der Waals surface area (Å²) in [4.78, 5) is 0. The molecule has 1 aromatic rings. The molecule has 0 heterocycles. The van der Waals surface area contributed by atoms with Crippen LogP contribution in [0.25, 0.3) is 0 Å². The fourth-order valence-electron chi connectivity index (χ4n) is 2.45. The molecule has 88 valence electrons. The molecular weight excluding hydrogens is 201 g/mol. The molecule has 1 aromatic carbocycles. The van der Waals surface area contributed by atoms with E-state index in [0.717, 1.165) is 30.4 Å². The predicted octanol–water partition coefficient (Wildman–Crippen LogP) is 3.00. The number of benzene rings is 1. The van der Waals surface area contributed by atoms with Gasteiger partial charge in [0, 0.05) is 6.04 Å². The molecule has 1 N–H and O–H groups in total. The van der Waals surface area contributed by atoms with Crippen molar-refractivity contribution in [2.45, 2.75) is 32.7 Å². The molecule has 2 heteroatoms. The van der Waals surface area contributed by atoms with Crippen molar-refractivity contribution in [3.8, 4) is 0 Å². The smallest absolute Gasteiger partial charge is 0.126 e. The Kier molecular flexibility index (Phi) is 3.59. The molecule has 0 aromatic heterocycles. The first kappa shape index (κ1) is 11.6. The van der Waals surface area contributed by atoms with Gasteiger partial charge in [-0.2, -0.15) is 0 Å². The second-order valence-electron chi connectivity index (χ2n) is 4.84. The van der Waals surface area contributed by atoms with Crippen molar-refractivity contribution in [3.05, 3.63) is 35.6 Å². The van der Waals surface area contributed by atoms with Crippen molar-refractivity contribution in [2.75, 3.05) is 6.54 Å². The fraction of sp³-hybridized carbons (Fsp3) is 0.571. The van der Waals surface area contributed by atoms with Gasteiger partial charge in [0.05, 0.1) is 0 Å². The van der Waals surface area contributed by atoms with E-state index in [1.54, 1.807) is 12.1 Å². The third-order valence-corrected chi connectivity index (χ3v) is 3.55. The average Bonchev–Trinajstić information content (AvgIpc) is 2.98. The van der Waals surface area contributed by atoms with Gasteiger partial charge in [-0.05, 0) is 42.9 Å². The molecule has 0 amide bonds. The summed E-state index contributed by atoms with van der Waals surface area (Å²) in [6.07, 6.45) is 2.10. The Balaban J connectivity index is 2.03. The van der Waals surface area contributed by atoms with Crippen LogP contribution in [0, 0.1) is 17.7 Å². The molecule has 1 saturated carbocycles. The minimum Gasteiger partial charge on any atom is -0.314 e. The topological polar surface area (TPSA) is 12.0 Å². The third kappa shape index (κ3) is 2.62. The highest BCUT2D eigenvalue weighted by Crippen LogP contribution is 2.41. The van der Waals surface area contributed by atoms with Gasteiger partial charge in [-0.3, -0.25) is 0 Å². The van der Waals surface area contributed by atoms with E-state index in [4.69, 9.17) is 0 Å². The van der Waals surface area contributed by atoms with Gasteiger partial charge in [-0.15, -0.1) is 0 Å². The van der Waals surface area contributed by atoms with E-state index in [1.165, 1.54) is 6.42 Å². The SMILES string of the molecule is CCNC(Cc1ccccc1F)C1CC1C. The lowest BCUT2D eigenvalue weighted by molar-refractivity contribution is 0.446. The third-order valence-electron chi connectivity index (χ3n) is 3.55. The average molecular weight is 221 g/mol. The zero-order valence-electron chi connectivity index (χ0n) is 10.0. The van der Waals surface area contributed by atoms with Crippen molar-refractivity contribution in [1.29, 1.82) is 0 Å². The lowest BCUT2D eigenvalue weighted by atomic mass is 10.0. The number of likely N-dealkylation sites (N-methyl/N-ethyl adjacent to an activating group) is 1. The highest BCUT2D eigenvalue weighted by atomic mass is 19.1. The van der Waals surface area contributed by atoms with Crippen LogP contribution in [0.3, 0.4) is 0 Å². The largest absolute Gasteiger partial charge is 0.314 e. The Bertz CT molecular complexity index is 350. The summed E-state index contributed by atoms with van der Waals surface area (Å²) in [5.41, 5.74) is 0.840. The van der Waals surface area contributed by atoms with Crippen LogP contribution in [-0.2, 0) is 6.42 Å². The summed E-state index contributed by atoms with van der Waals surface area (Å²) >= 11 is 0. The van der Waals surface area contributed by atoms with E-state index in [0.29, 0.717) is 6.04 Å². The molecule has 0 spiro atoms. The number of hydrogen-bond donors (Lipinski definition) is 1. The first-order valence-corrected chi connectivity index (χ1v) is 6.19. The van der Waals surface area contributed by atoms with Gasteiger partial charge in [-0.25, -0.2) is 4.39 Å². The van der Waals surface area contributed by atoms with Gasteiger partial charge in [-0.1, -0.05) is 32.0 Å². The van der Waals surface area contributed by atoms with Crippen LogP contribution in [0.5, 0.6) is 0 Å². The summed E-state index contributed by atoms with van der Waals surface area (Å²) in [7, 11) is 0. The van der Waals surface area contributed by atoms with E-state index in [1.807, 2.05) is 12.1 Å². The fourth-order valence-corrected chi connectivity index (χ4v) is 2.45. The summed E-state index contributed by atoms with van der Waals surface area (Å²) in [5, 5.41) is 3.48. The van der Waals surface area contributed by atoms with Crippen molar-refractivity contribution in [2.24, 2.45) is 11.8 Å². The molecule has 2 rings (SSSR count). The molecule has 16 heavy (non-hydrogen) atoms. The van der Waals surface area contributed by atoms with Crippen LogP contribution in [0.1, 0.15) is 25.8 Å². The number of hydrogen-bond acceptors (Lipinski definition) is 1. The molecule has 1 nitrogen and oxygen atoms in total. The Hall–Kier alpha value is -0.890. The van der Waals surface area contributed by atoms with Crippen LogP contribution >= 0.6 is 0 Å². The quantitative estimate of drug-likeness (QED) is 0.806. The van der Waals surface area contributed by atoms with Gasteiger partial charge in [0.2, 0.25) is 0 Å². The Labute approximate surface area is 97.1 Å². The van der Waals surface area contributed by atoms with E-state index >= 15 is 0 Å². The minimum absolute atomic E-state index is 0.0706. The molecule has 0 saturated heterocycles. The standard InChI is InChI=1S/C14H20FN/c1-3-16-14(12-8-10(12)2)9-11-6-4-5-7-13(11)15/h4-7,10,12,14,16H,3,8-9H2,1-2H3. The van der Waals surface area contributed by atoms with Gasteiger partial charge in [0.1, 0.15) is 5.82 Å². The van der Waals surface area contributed by atoms with Crippen LogP contribution in [0.4, 0.5) is 4.39 Å². The highest BCUT2D eigenvalue weighted by molar-refractivity contribution is 5.19. The Morgan fingerprint density at radius 2 is 2.12 bits per heavy atom. The normalized spacial score (nSPS) is 25.4. The molecule has 0 bridgehead atoms. The van der Waals surface area contributed by atoms with Crippen molar-refractivity contribution in [1.82, 2.24) is 5.32 Å². The first-order valence-electron chi connectivity index (χ1n) is 6.19. The molecule has 3 atom stereocenters. The first-order chi connectivity index (χ1) is 7.72. The maximum Gasteiger partial charge on any atom is 0.126 e. The molecule has 1 aliphatic carbocycles. The Morgan fingerprint density at radius 1 is 1.44 bits per heavy atom. The van der Waals surface area contributed by atoms with E-state index in [2.05, 4.69) is 19.2 Å². The zero-order chi connectivity index (χ0) is 11.5. The van der Waals surface area contributed by atoms with E-state index in [-0.39, 0.29) is 5.82 Å². The molecular formula is C14H20FN. The summed E-state index contributed by atoms with van der Waals surface area (Å²) < 4.78 is 13.5. The monoisotopic (exact) mass is 221 g/mol. The minimum atomic E-state index is -0.0706. The van der Waals surface area contributed by atoms with Crippen molar-refractivity contribution < 1.29 is 4.39 Å². The number of rotatable bonds is 5. The molecule has 1 aliphatic rings. The molecule has 3 unspecified atom stereocenters. The van der Waals surface area contributed by atoms with Crippen LogP contribution in [0.15, 0.2) is 24.3 Å². The number of nitrogens with one attached hydrogen (secondary N) is 1. The number of halogens is 1. The second-order valence-corrected chi connectivity index (χ2v) is 4.84. The Morgan fingerprint density at radius 3 is 2.69 bits per heavy atom. The van der Waals surface area contributed by atoms with Crippen LogP contribution in [0.2, 0.25) is 0 Å². The van der Waals surface area contributed by atoms with Gasteiger partial charge in [0.25, 0.3) is 0 Å². The van der Waals surface area contributed by atoms with Gasteiger partial charge < -0.3 is 5.32 Å². The molecule has 1 fully saturated rings. The van der Waals surface area contributed by atoms with Gasteiger partial charge in [0.15, 0.2) is 0 Å². The summed E-state index contributed by atoms with van der Waals surface area (Å²) in [5.74, 6) is 1.47. The summed E-state index contributed by atoms with van der Waals surface area (Å²) in [6.45, 7) is 5.35. The van der Waals surface area contributed by atoms with Crippen molar-refractivity contribution >= 4 is 0 Å². The van der Waals surface area contributed by atoms with Crippen molar-refractivity contribution in [3.63, 3.8) is 0 Å². The van der Waals surface area contributed by atoms with E-state index < -0.39 is 0 Å². The van der Waals surface area contributed by atoms with Crippen LogP contribution < -0.4 is 5.32 Å². The second kappa shape index (κ2) is 4.96. The zero-order valence-corrected chi connectivity index (χ0v) is 10.0. The lowest BCUT2D eigenvalue weighted by Gasteiger charge is -2.18. The van der Waals surface area contributed by atoms with Gasteiger partial charge >= 0.3 is 0 Å². The highest BCUT2D eigenvalue weighted by Gasteiger charge is 2.39. The lowest BCUT2D eigenvalue weighted by Crippen LogP contribution is -2.33. The predicted molar refractivity (Wildman–Crippen MR) is 64.8 cm³/mol.